The fourth-order valence-electron chi connectivity index (χ4n) is 4.18. The number of fused-ring (bicyclic) bond motifs is 3. The lowest BCUT2D eigenvalue weighted by molar-refractivity contribution is -0.131. The van der Waals surface area contributed by atoms with Gasteiger partial charge in [0.05, 0.1) is 6.54 Å². The summed E-state index contributed by atoms with van der Waals surface area (Å²) in [5.41, 5.74) is 3.48. The highest BCUT2D eigenvalue weighted by Crippen LogP contribution is 2.44. The van der Waals surface area contributed by atoms with Crippen molar-refractivity contribution in [2.75, 3.05) is 13.2 Å². The Morgan fingerprint density at radius 2 is 1.65 bits per heavy atom. The highest BCUT2D eigenvalue weighted by atomic mass is 16.5. The van der Waals surface area contributed by atoms with E-state index in [1.165, 1.54) is 0 Å². The van der Waals surface area contributed by atoms with Gasteiger partial charge in [0.15, 0.2) is 0 Å². The molecule has 2 aliphatic carbocycles. The van der Waals surface area contributed by atoms with E-state index in [0.717, 1.165) is 28.7 Å². The van der Waals surface area contributed by atoms with Crippen molar-refractivity contribution in [3.8, 4) is 23.0 Å². The molecule has 2 amide bonds. The summed E-state index contributed by atoms with van der Waals surface area (Å²) >= 11 is 0. The van der Waals surface area contributed by atoms with Gasteiger partial charge in [-0.3, -0.25) is 4.79 Å². The lowest BCUT2D eigenvalue weighted by Gasteiger charge is -2.40. The van der Waals surface area contributed by atoms with Crippen LogP contribution in [0.4, 0.5) is 4.79 Å². The lowest BCUT2D eigenvalue weighted by atomic mass is 9.76. The van der Waals surface area contributed by atoms with Crippen molar-refractivity contribution in [2.45, 2.75) is 30.7 Å². The fourth-order valence-corrected chi connectivity index (χ4v) is 4.18. The van der Waals surface area contributed by atoms with Crippen molar-refractivity contribution in [1.82, 2.24) is 10.6 Å². The van der Waals surface area contributed by atoms with Gasteiger partial charge in [-0.1, -0.05) is 54.5 Å². The predicted molar refractivity (Wildman–Crippen MR) is 113 cm³/mol. The maximum Gasteiger partial charge on any atom is 0.408 e. The maximum atomic E-state index is 12.5. The van der Waals surface area contributed by atoms with Crippen molar-refractivity contribution in [3.63, 3.8) is 0 Å². The summed E-state index contributed by atoms with van der Waals surface area (Å²) in [7, 11) is 0. The highest BCUT2D eigenvalue weighted by Gasteiger charge is 2.46. The van der Waals surface area contributed by atoms with Gasteiger partial charge in [0.25, 0.3) is 0 Å². The number of carboxylic acid groups (broad SMARTS) is 1. The Labute approximate surface area is 179 Å². The molecule has 0 unspecified atom stereocenters. The number of amides is 2. The largest absolute Gasteiger partial charge is 0.472 e. The predicted octanol–water partition coefficient (Wildman–Crippen LogP) is 2.65. The van der Waals surface area contributed by atoms with Gasteiger partial charge in [-0.2, -0.15) is 0 Å². The second-order valence-corrected chi connectivity index (χ2v) is 7.68. The van der Waals surface area contributed by atoms with Gasteiger partial charge < -0.3 is 20.5 Å². The van der Waals surface area contributed by atoms with E-state index < -0.39 is 17.6 Å². The Morgan fingerprint density at radius 1 is 1.03 bits per heavy atom. The molecule has 3 N–H and O–H groups in total. The second-order valence-electron chi connectivity index (χ2n) is 7.68. The van der Waals surface area contributed by atoms with Crippen molar-refractivity contribution < 1.29 is 24.2 Å². The lowest BCUT2D eigenvalue weighted by Crippen LogP contribution is -2.63. The molecule has 0 aliphatic heterocycles. The third-order valence-corrected chi connectivity index (χ3v) is 5.86. The van der Waals surface area contributed by atoms with E-state index in [1.54, 1.807) is 0 Å². The first-order valence-electron chi connectivity index (χ1n) is 10.1. The zero-order chi connectivity index (χ0) is 21.8. The van der Waals surface area contributed by atoms with Crippen molar-refractivity contribution in [1.29, 1.82) is 0 Å². The van der Waals surface area contributed by atoms with Crippen molar-refractivity contribution in [3.05, 3.63) is 59.7 Å². The quantitative estimate of drug-likeness (QED) is 0.648. The molecule has 0 heterocycles. The van der Waals surface area contributed by atoms with E-state index >= 15 is 0 Å². The maximum absolute atomic E-state index is 12.5. The molecule has 0 bridgehead atoms. The molecule has 0 aromatic heterocycles. The van der Waals surface area contributed by atoms with Crippen LogP contribution in [0.5, 0.6) is 0 Å². The molecule has 1 saturated carbocycles. The van der Waals surface area contributed by atoms with Crippen LogP contribution < -0.4 is 10.6 Å². The summed E-state index contributed by atoms with van der Waals surface area (Å²) in [5, 5.41) is 13.8. The topological polar surface area (TPSA) is 105 Å². The normalized spacial score (nSPS) is 15.4. The van der Waals surface area contributed by atoms with Crippen LogP contribution in [-0.4, -0.2) is 41.8 Å². The zero-order valence-electron chi connectivity index (χ0n) is 16.8. The summed E-state index contributed by atoms with van der Waals surface area (Å²) in [6.07, 6.45) is 1.15. The number of hydrogen-bond donors (Lipinski definition) is 3. The summed E-state index contributed by atoms with van der Waals surface area (Å²) in [5.74, 6) is 2.58. The van der Waals surface area contributed by atoms with Gasteiger partial charge in [0, 0.05) is 11.8 Å². The fraction of sp³-hybridized carbons (Fsp3) is 0.292. The molecular weight excluding hydrogens is 396 g/mol. The molecule has 2 aliphatic rings. The Kier molecular flexibility index (Phi) is 5.63. The molecule has 2 aromatic rings. The van der Waals surface area contributed by atoms with Gasteiger partial charge in [0.1, 0.15) is 12.1 Å². The van der Waals surface area contributed by atoms with E-state index in [0.29, 0.717) is 12.8 Å². The van der Waals surface area contributed by atoms with Crippen molar-refractivity contribution >= 4 is 18.0 Å². The SMILES string of the molecule is O=C(O)C#CCNC(=O)C1(NC(=O)OCC2c3ccccc3-c3ccccc32)CCC1. The number of ether oxygens (including phenoxy) is 1. The average molecular weight is 418 g/mol. The number of benzene rings is 2. The molecule has 0 spiro atoms. The first-order chi connectivity index (χ1) is 15.0. The standard InChI is InChI=1S/C24H22N2O5/c27-21(28)11-5-14-25-22(29)24(12-6-13-24)26-23(30)31-15-20-18-9-3-1-7-16(18)17-8-2-4-10-19(17)20/h1-4,7-10,20H,6,12-15H2,(H,25,29)(H,26,30)(H,27,28). The minimum absolute atomic E-state index is 0.0596. The Morgan fingerprint density at radius 3 is 2.19 bits per heavy atom. The Balaban J connectivity index is 1.38. The number of rotatable bonds is 5. The van der Waals surface area contributed by atoms with E-state index in [-0.39, 0.29) is 25.0 Å². The number of aliphatic carboxylic acids is 1. The molecule has 0 atom stereocenters. The van der Waals surface area contributed by atoms with Crippen LogP contribution >= 0.6 is 0 Å². The Bertz CT molecular complexity index is 1050. The molecular formula is C24H22N2O5. The van der Waals surface area contributed by atoms with Gasteiger partial charge in [-0.05, 0) is 41.5 Å². The molecule has 4 rings (SSSR count). The minimum atomic E-state index is -1.26. The first kappa shape index (κ1) is 20.5. The molecule has 7 heteroatoms. The number of carboxylic acids is 1. The van der Waals surface area contributed by atoms with Crippen molar-refractivity contribution in [2.24, 2.45) is 0 Å². The zero-order valence-corrected chi connectivity index (χ0v) is 16.8. The molecule has 31 heavy (non-hydrogen) atoms. The van der Waals surface area contributed by atoms with E-state index in [2.05, 4.69) is 28.7 Å². The summed E-state index contributed by atoms with van der Waals surface area (Å²) < 4.78 is 5.54. The second kappa shape index (κ2) is 8.52. The van der Waals surface area contributed by atoms with Gasteiger partial charge >= 0.3 is 12.1 Å². The highest BCUT2D eigenvalue weighted by molar-refractivity contribution is 5.91. The molecule has 7 nitrogen and oxygen atoms in total. The molecule has 1 fully saturated rings. The molecule has 158 valence electrons. The molecule has 0 radical (unpaired) electrons. The summed E-state index contributed by atoms with van der Waals surface area (Å²) in [6, 6.07) is 16.1. The van der Waals surface area contributed by atoms with Crippen LogP contribution in [-0.2, 0) is 14.3 Å². The van der Waals surface area contributed by atoms with Crippen LogP contribution in [0.25, 0.3) is 11.1 Å². The smallest absolute Gasteiger partial charge is 0.408 e. The minimum Gasteiger partial charge on any atom is -0.472 e. The van der Waals surface area contributed by atoms with E-state index in [1.807, 2.05) is 42.3 Å². The number of carbonyl (C=O) groups is 3. The summed E-state index contributed by atoms with van der Waals surface area (Å²) in [4.78, 5) is 35.5. The number of alkyl carbamates (subject to hydrolysis) is 1. The van der Waals surface area contributed by atoms with Crippen LogP contribution in [0.3, 0.4) is 0 Å². The van der Waals surface area contributed by atoms with Crippen LogP contribution in [0.1, 0.15) is 36.3 Å². The number of carbonyl (C=O) groups excluding carboxylic acids is 2. The first-order valence-corrected chi connectivity index (χ1v) is 10.1. The van der Waals surface area contributed by atoms with Crippen LogP contribution in [0, 0.1) is 11.8 Å². The van der Waals surface area contributed by atoms with Crippen LogP contribution in [0.2, 0.25) is 0 Å². The molecule has 0 saturated heterocycles. The van der Waals surface area contributed by atoms with Gasteiger partial charge in [-0.25, -0.2) is 9.59 Å². The summed E-state index contributed by atoms with van der Waals surface area (Å²) in [6.45, 7) is 0.0703. The average Bonchev–Trinajstić information content (AvgIpc) is 3.06. The third-order valence-electron chi connectivity index (χ3n) is 5.86. The van der Waals surface area contributed by atoms with E-state index in [4.69, 9.17) is 9.84 Å². The van der Waals surface area contributed by atoms with Gasteiger partial charge in [0.2, 0.25) is 5.91 Å². The van der Waals surface area contributed by atoms with Crippen LogP contribution in [0.15, 0.2) is 48.5 Å². The number of hydrogen-bond acceptors (Lipinski definition) is 4. The third kappa shape index (κ3) is 4.10. The van der Waals surface area contributed by atoms with E-state index in [9.17, 15) is 14.4 Å². The Hall–Kier alpha value is -3.79. The number of nitrogens with one attached hydrogen (secondary N) is 2. The molecule has 2 aromatic carbocycles. The van der Waals surface area contributed by atoms with Gasteiger partial charge in [-0.15, -0.1) is 0 Å². The monoisotopic (exact) mass is 418 g/mol.